The molecule has 0 aromatic rings. The average molecular weight is 446 g/mol. The molecule has 2 amide bonds. The first-order chi connectivity index (χ1) is 13.6. The maximum absolute atomic E-state index is 12.9. The minimum Gasteiger partial charge on any atom is -0.444 e. The molecule has 1 spiro atoms. The third-order valence-corrected chi connectivity index (χ3v) is 6.99. The number of hydrogen-bond donors (Lipinski definition) is 1. The van der Waals surface area contributed by atoms with Gasteiger partial charge in [0.15, 0.2) is 0 Å². The van der Waals surface area contributed by atoms with Gasteiger partial charge in [-0.05, 0) is 73.1 Å². The summed E-state index contributed by atoms with van der Waals surface area (Å²) in [7, 11) is -3.99. The molecule has 3 fully saturated rings. The molecule has 0 aromatic carbocycles. The molecule has 0 atom stereocenters. The number of nitrogens with one attached hydrogen (secondary N) is 1. The van der Waals surface area contributed by atoms with Crippen LogP contribution in [0, 0.1) is 11.3 Å². The molecule has 1 aliphatic heterocycles. The van der Waals surface area contributed by atoms with Crippen LogP contribution in [0.2, 0.25) is 0 Å². The molecule has 2 saturated carbocycles. The predicted octanol–water partition coefficient (Wildman–Crippen LogP) is 2.87. The standard InChI is InChI=1S/C20H35N3O6S/c1-18(2,3)28-16(24)21-30(26,27)23(11-14-7-8-14)15-9-20(10-15)12-22(13-20)17(25)29-19(4,5)6/h14-15H,7-13H2,1-6H3,(H,21,24). The van der Waals surface area contributed by atoms with Gasteiger partial charge in [-0.25, -0.2) is 14.3 Å². The SMILES string of the molecule is CC(C)(C)OC(=O)NS(=O)(=O)N(CC1CC1)C1CC2(C1)CN(C(=O)OC(C)(C)C)C2. The Labute approximate surface area is 179 Å². The molecule has 1 N–H and O–H groups in total. The first-order valence-electron chi connectivity index (χ1n) is 10.6. The second-order valence-electron chi connectivity index (χ2n) is 11.0. The third kappa shape index (κ3) is 5.78. The van der Waals surface area contributed by atoms with Crippen LogP contribution in [0.4, 0.5) is 9.59 Å². The summed E-state index contributed by atoms with van der Waals surface area (Å²) >= 11 is 0. The van der Waals surface area contributed by atoms with E-state index in [1.165, 1.54) is 4.31 Å². The molecule has 0 radical (unpaired) electrons. The predicted molar refractivity (Wildman–Crippen MR) is 111 cm³/mol. The fourth-order valence-corrected chi connectivity index (χ4v) is 5.40. The van der Waals surface area contributed by atoms with E-state index in [0.29, 0.717) is 38.4 Å². The first-order valence-corrected chi connectivity index (χ1v) is 12.0. The quantitative estimate of drug-likeness (QED) is 0.698. The van der Waals surface area contributed by atoms with Gasteiger partial charge in [0.2, 0.25) is 0 Å². The maximum atomic E-state index is 12.9. The Kier molecular flexibility index (Phi) is 5.81. The minimum atomic E-state index is -3.99. The largest absolute Gasteiger partial charge is 0.444 e. The van der Waals surface area contributed by atoms with Gasteiger partial charge in [-0.1, -0.05) is 0 Å². The van der Waals surface area contributed by atoms with E-state index in [1.54, 1.807) is 25.7 Å². The molecule has 2 aliphatic carbocycles. The maximum Gasteiger partial charge on any atom is 0.422 e. The van der Waals surface area contributed by atoms with E-state index in [2.05, 4.69) is 4.72 Å². The molecule has 10 heteroatoms. The van der Waals surface area contributed by atoms with Crippen molar-refractivity contribution in [1.29, 1.82) is 0 Å². The lowest BCUT2D eigenvalue weighted by Gasteiger charge is -2.60. The topological polar surface area (TPSA) is 105 Å². The van der Waals surface area contributed by atoms with E-state index in [4.69, 9.17) is 9.47 Å². The van der Waals surface area contributed by atoms with Gasteiger partial charge in [0, 0.05) is 31.1 Å². The van der Waals surface area contributed by atoms with Gasteiger partial charge in [-0.2, -0.15) is 12.7 Å². The Morgan fingerprint density at radius 3 is 2.03 bits per heavy atom. The van der Waals surface area contributed by atoms with E-state index in [9.17, 15) is 18.0 Å². The molecular formula is C20H35N3O6S. The molecular weight excluding hydrogens is 410 g/mol. The van der Waals surface area contributed by atoms with Gasteiger partial charge in [0.05, 0.1) is 0 Å². The van der Waals surface area contributed by atoms with Crippen molar-refractivity contribution in [2.75, 3.05) is 19.6 Å². The van der Waals surface area contributed by atoms with E-state index in [-0.39, 0.29) is 17.6 Å². The summed E-state index contributed by atoms with van der Waals surface area (Å²) in [5.74, 6) is 0.344. The van der Waals surface area contributed by atoms with Crippen LogP contribution in [0.25, 0.3) is 0 Å². The molecule has 9 nitrogen and oxygen atoms in total. The van der Waals surface area contributed by atoms with Crippen molar-refractivity contribution >= 4 is 22.4 Å². The number of carbonyl (C=O) groups excluding carboxylic acids is 2. The number of hydrogen-bond acceptors (Lipinski definition) is 6. The Hall–Kier alpha value is -1.55. The van der Waals surface area contributed by atoms with Crippen molar-refractivity contribution in [3.8, 4) is 0 Å². The lowest BCUT2D eigenvalue weighted by atomic mass is 9.60. The summed E-state index contributed by atoms with van der Waals surface area (Å²) in [5, 5.41) is 0. The summed E-state index contributed by atoms with van der Waals surface area (Å²) in [5.41, 5.74) is -1.37. The number of likely N-dealkylation sites (tertiary alicyclic amines) is 1. The highest BCUT2D eigenvalue weighted by Gasteiger charge is 2.57. The van der Waals surface area contributed by atoms with Crippen molar-refractivity contribution in [2.24, 2.45) is 11.3 Å². The van der Waals surface area contributed by atoms with Crippen LogP contribution < -0.4 is 4.72 Å². The average Bonchev–Trinajstić information content (AvgIpc) is 3.21. The zero-order valence-corrected chi connectivity index (χ0v) is 19.7. The van der Waals surface area contributed by atoms with Gasteiger partial charge in [0.1, 0.15) is 11.2 Å². The van der Waals surface area contributed by atoms with E-state index in [1.807, 2.05) is 20.8 Å². The Morgan fingerprint density at radius 1 is 1.03 bits per heavy atom. The normalized spacial score (nSPS) is 21.8. The number of carbonyl (C=O) groups is 2. The van der Waals surface area contributed by atoms with Gasteiger partial charge in [0.25, 0.3) is 0 Å². The number of amides is 2. The van der Waals surface area contributed by atoms with Crippen LogP contribution in [-0.4, -0.2) is 66.7 Å². The first kappa shape index (κ1) is 23.1. The van der Waals surface area contributed by atoms with Crippen LogP contribution in [0.15, 0.2) is 0 Å². The highest BCUT2D eigenvalue weighted by atomic mass is 32.2. The zero-order valence-electron chi connectivity index (χ0n) is 18.9. The van der Waals surface area contributed by atoms with Crippen LogP contribution in [-0.2, 0) is 19.7 Å². The van der Waals surface area contributed by atoms with Gasteiger partial charge in [-0.15, -0.1) is 0 Å². The summed E-state index contributed by atoms with van der Waals surface area (Å²) in [4.78, 5) is 25.9. The van der Waals surface area contributed by atoms with E-state index in [0.717, 1.165) is 12.8 Å². The number of rotatable bonds is 5. The molecule has 1 saturated heterocycles. The molecule has 172 valence electrons. The Morgan fingerprint density at radius 2 is 1.57 bits per heavy atom. The smallest absolute Gasteiger partial charge is 0.422 e. The summed E-state index contributed by atoms with van der Waals surface area (Å²) in [6, 6.07) is -0.175. The fourth-order valence-electron chi connectivity index (χ4n) is 4.08. The van der Waals surface area contributed by atoms with E-state index < -0.39 is 27.5 Å². The van der Waals surface area contributed by atoms with Crippen LogP contribution in [0.3, 0.4) is 0 Å². The molecule has 30 heavy (non-hydrogen) atoms. The highest BCUT2D eigenvalue weighted by molar-refractivity contribution is 7.87. The molecule has 3 rings (SSSR count). The van der Waals surface area contributed by atoms with Gasteiger partial charge >= 0.3 is 22.4 Å². The molecule has 0 aromatic heterocycles. The molecule has 0 bridgehead atoms. The Bertz CT molecular complexity index is 780. The van der Waals surface area contributed by atoms with Gasteiger partial charge < -0.3 is 14.4 Å². The van der Waals surface area contributed by atoms with Gasteiger partial charge in [-0.3, -0.25) is 0 Å². The molecule has 1 heterocycles. The van der Waals surface area contributed by atoms with E-state index >= 15 is 0 Å². The lowest BCUT2D eigenvalue weighted by molar-refractivity contribution is -0.0955. The Balaban J connectivity index is 1.57. The second-order valence-corrected chi connectivity index (χ2v) is 12.6. The van der Waals surface area contributed by atoms with Crippen LogP contribution in [0.5, 0.6) is 0 Å². The summed E-state index contributed by atoms with van der Waals surface area (Å²) in [6.07, 6.45) is 2.07. The third-order valence-electron chi connectivity index (χ3n) is 5.50. The van der Waals surface area contributed by atoms with Crippen LogP contribution >= 0.6 is 0 Å². The number of nitrogens with zero attached hydrogens (tertiary/aromatic N) is 2. The minimum absolute atomic E-state index is 0.0508. The summed E-state index contributed by atoms with van der Waals surface area (Å²) < 4.78 is 39.8. The van der Waals surface area contributed by atoms with Crippen molar-refractivity contribution in [2.45, 2.75) is 84.5 Å². The second kappa shape index (κ2) is 7.55. The van der Waals surface area contributed by atoms with Crippen molar-refractivity contribution in [3.05, 3.63) is 0 Å². The van der Waals surface area contributed by atoms with Crippen molar-refractivity contribution in [3.63, 3.8) is 0 Å². The molecule has 0 unspecified atom stereocenters. The number of ether oxygens (including phenoxy) is 2. The fraction of sp³-hybridized carbons (Fsp3) is 0.900. The summed E-state index contributed by atoms with van der Waals surface area (Å²) in [6.45, 7) is 12.1. The molecule has 3 aliphatic rings. The van der Waals surface area contributed by atoms with Crippen molar-refractivity contribution < 1.29 is 27.5 Å². The monoisotopic (exact) mass is 445 g/mol. The highest BCUT2D eigenvalue weighted by Crippen LogP contribution is 2.51. The van der Waals surface area contributed by atoms with Crippen LogP contribution in [0.1, 0.15) is 67.2 Å². The van der Waals surface area contributed by atoms with Crippen molar-refractivity contribution in [1.82, 2.24) is 13.9 Å². The lowest BCUT2D eigenvalue weighted by Crippen LogP contribution is -2.69. The zero-order chi connectivity index (χ0) is 22.5.